The van der Waals surface area contributed by atoms with Gasteiger partial charge in [0.2, 0.25) is 0 Å². The number of benzene rings is 3. The maximum atomic E-state index is 13.0. The molecule has 4 rings (SSSR count). The molecule has 0 aliphatic heterocycles. The van der Waals surface area contributed by atoms with Gasteiger partial charge in [-0.25, -0.2) is 4.98 Å². The lowest BCUT2D eigenvalue weighted by Crippen LogP contribution is -2.20. The summed E-state index contributed by atoms with van der Waals surface area (Å²) in [6, 6.07) is 14.1. The molecule has 0 radical (unpaired) electrons. The van der Waals surface area contributed by atoms with Gasteiger partial charge in [-0.05, 0) is 65.3 Å². The number of aromatic nitrogens is 2. The summed E-state index contributed by atoms with van der Waals surface area (Å²) in [6.45, 7) is 1.97. The Balaban J connectivity index is 1.64. The Morgan fingerprint density at radius 2 is 1.88 bits per heavy atom. The van der Waals surface area contributed by atoms with Crippen LogP contribution in [0, 0.1) is 6.92 Å². The zero-order valence-electron chi connectivity index (χ0n) is 18.0. The SMILES string of the molecule is COc1cc(C=Nn2c(C)nc3ccc(Br)cc3c2=O)c(Br)cc1OCc1ccc(Cl)cc1Cl. The van der Waals surface area contributed by atoms with Crippen LogP contribution >= 0.6 is 55.1 Å². The highest BCUT2D eigenvalue weighted by Crippen LogP contribution is 2.34. The van der Waals surface area contributed by atoms with Crippen LogP contribution in [0.5, 0.6) is 11.5 Å². The Morgan fingerprint density at radius 3 is 2.62 bits per heavy atom. The normalized spacial score (nSPS) is 11.4. The fraction of sp³-hybridized carbons (Fsp3) is 0.125. The summed E-state index contributed by atoms with van der Waals surface area (Å²) >= 11 is 19.1. The molecule has 174 valence electrons. The Kier molecular flexibility index (Phi) is 7.62. The third-order valence-electron chi connectivity index (χ3n) is 4.96. The van der Waals surface area contributed by atoms with Gasteiger partial charge in [0, 0.05) is 30.1 Å². The molecule has 0 unspecified atom stereocenters. The first-order valence-electron chi connectivity index (χ1n) is 9.94. The highest BCUT2D eigenvalue weighted by molar-refractivity contribution is 9.10. The van der Waals surface area contributed by atoms with Crippen LogP contribution in [0.4, 0.5) is 0 Å². The van der Waals surface area contributed by atoms with Crippen LogP contribution in [0.15, 0.2) is 67.4 Å². The molecule has 0 saturated heterocycles. The molecule has 0 aliphatic rings. The number of aryl methyl sites for hydroxylation is 1. The highest BCUT2D eigenvalue weighted by Gasteiger charge is 2.12. The van der Waals surface area contributed by atoms with Gasteiger partial charge < -0.3 is 9.47 Å². The van der Waals surface area contributed by atoms with E-state index in [2.05, 4.69) is 41.9 Å². The van der Waals surface area contributed by atoms with E-state index in [0.717, 1.165) is 10.0 Å². The first-order valence-corrected chi connectivity index (χ1v) is 12.3. The van der Waals surface area contributed by atoms with Crippen molar-refractivity contribution in [2.45, 2.75) is 13.5 Å². The molecule has 4 aromatic rings. The number of nitrogens with zero attached hydrogens (tertiary/aromatic N) is 3. The molecule has 0 N–H and O–H groups in total. The van der Waals surface area contributed by atoms with Gasteiger partial charge in [0.25, 0.3) is 5.56 Å². The van der Waals surface area contributed by atoms with Gasteiger partial charge in [0.05, 0.1) is 24.2 Å². The average Bonchev–Trinajstić information content (AvgIpc) is 2.80. The fourth-order valence-corrected chi connectivity index (χ4v) is 4.48. The van der Waals surface area contributed by atoms with E-state index in [1.807, 2.05) is 12.1 Å². The van der Waals surface area contributed by atoms with Crippen molar-refractivity contribution < 1.29 is 9.47 Å². The van der Waals surface area contributed by atoms with Gasteiger partial charge in [-0.3, -0.25) is 4.79 Å². The quantitative estimate of drug-likeness (QED) is 0.216. The molecule has 1 aromatic heterocycles. The van der Waals surface area contributed by atoms with Crippen molar-refractivity contribution in [2.24, 2.45) is 5.10 Å². The van der Waals surface area contributed by atoms with E-state index in [4.69, 9.17) is 32.7 Å². The number of rotatable bonds is 6. The summed E-state index contributed by atoms with van der Waals surface area (Å²) in [5.41, 5.74) is 1.83. The van der Waals surface area contributed by atoms with Gasteiger partial charge in [-0.15, -0.1) is 0 Å². The summed E-state index contributed by atoms with van der Waals surface area (Å²) in [7, 11) is 1.55. The maximum Gasteiger partial charge on any atom is 0.282 e. The molecular weight excluding hydrogens is 609 g/mol. The molecule has 0 aliphatic carbocycles. The van der Waals surface area contributed by atoms with Crippen LogP contribution < -0.4 is 15.0 Å². The maximum absolute atomic E-state index is 13.0. The first kappa shape index (κ1) is 24.7. The van der Waals surface area contributed by atoms with Crippen molar-refractivity contribution in [3.63, 3.8) is 0 Å². The van der Waals surface area contributed by atoms with Crippen LogP contribution in [0.3, 0.4) is 0 Å². The van der Waals surface area contributed by atoms with Gasteiger partial charge in [0.15, 0.2) is 11.5 Å². The summed E-state index contributed by atoms with van der Waals surface area (Å²) in [5.74, 6) is 1.49. The minimum absolute atomic E-state index is 0.235. The van der Waals surface area contributed by atoms with Crippen molar-refractivity contribution in [1.82, 2.24) is 9.66 Å². The van der Waals surface area contributed by atoms with Gasteiger partial charge in [0.1, 0.15) is 12.4 Å². The van der Waals surface area contributed by atoms with Crippen molar-refractivity contribution in [2.75, 3.05) is 7.11 Å². The predicted molar refractivity (Wildman–Crippen MR) is 143 cm³/mol. The van der Waals surface area contributed by atoms with Crippen LogP contribution in [0.25, 0.3) is 10.9 Å². The zero-order chi connectivity index (χ0) is 24.4. The zero-order valence-corrected chi connectivity index (χ0v) is 22.7. The van der Waals surface area contributed by atoms with Crippen LogP contribution in [0.2, 0.25) is 10.0 Å². The number of methoxy groups -OCH3 is 1. The smallest absolute Gasteiger partial charge is 0.282 e. The lowest BCUT2D eigenvalue weighted by molar-refractivity contribution is 0.284. The van der Waals surface area contributed by atoms with Crippen molar-refractivity contribution in [3.05, 3.63) is 94.8 Å². The van der Waals surface area contributed by atoms with Crippen LogP contribution in [-0.2, 0) is 6.61 Å². The van der Waals surface area contributed by atoms with Gasteiger partial charge >= 0.3 is 0 Å². The van der Waals surface area contributed by atoms with E-state index in [0.29, 0.717) is 48.3 Å². The van der Waals surface area contributed by atoms with Crippen molar-refractivity contribution >= 4 is 72.2 Å². The van der Waals surface area contributed by atoms with E-state index in [-0.39, 0.29) is 12.2 Å². The minimum Gasteiger partial charge on any atom is -0.493 e. The topological polar surface area (TPSA) is 65.7 Å². The summed E-state index contributed by atoms with van der Waals surface area (Å²) in [6.07, 6.45) is 1.56. The molecule has 34 heavy (non-hydrogen) atoms. The number of ether oxygens (including phenoxy) is 2. The Morgan fingerprint density at radius 1 is 1.09 bits per heavy atom. The minimum atomic E-state index is -0.261. The van der Waals surface area contributed by atoms with E-state index in [9.17, 15) is 4.79 Å². The average molecular weight is 626 g/mol. The molecule has 0 amide bonds. The van der Waals surface area contributed by atoms with Crippen LogP contribution in [0.1, 0.15) is 17.0 Å². The first-order chi connectivity index (χ1) is 16.3. The molecule has 0 spiro atoms. The summed E-state index contributed by atoms with van der Waals surface area (Å²) < 4.78 is 14.2. The second-order valence-electron chi connectivity index (χ2n) is 7.23. The fourth-order valence-electron chi connectivity index (χ4n) is 3.23. The van der Waals surface area contributed by atoms with E-state index in [1.54, 1.807) is 56.6 Å². The number of fused-ring (bicyclic) bond motifs is 1. The standard InChI is InChI=1S/C24H17Br2Cl2N3O3/c1-13-30-21-6-4-16(25)8-18(21)24(32)31(13)29-11-15-7-22(33-2)23(10-19(15)26)34-12-14-3-5-17(27)9-20(14)28/h3-11H,12H2,1-2H3. The Hall–Kier alpha value is -2.39. The third kappa shape index (κ3) is 5.30. The molecule has 0 atom stereocenters. The summed E-state index contributed by atoms with van der Waals surface area (Å²) in [4.78, 5) is 17.4. The second kappa shape index (κ2) is 10.5. The lowest BCUT2D eigenvalue weighted by atomic mass is 10.2. The third-order valence-corrected chi connectivity index (χ3v) is 6.73. The largest absolute Gasteiger partial charge is 0.493 e. The second-order valence-corrected chi connectivity index (χ2v) is 9.84. The van der Waals surface area contributed by atoms with Crippen molar-refractivity contribution in [3.8, 4) is 11.5 Å². The molecule has 0 fully saturated rings. The monoisotopic (exact) mass is 623 g/mol. The van der Waals surface area contributed by atoms with Crippen LogP contribution in [-0.4, -0.2) is 23.0 Å². The number of hydrogen-bond donors (Lipinski definition) is 0. The van der Waals surface area contributed by atoms with Gasteiger partial charge in [-0.2, -0.15) is 9.78 Å². The highest BCUT2D eigenvalue weighted by atomic mass is 79.9. The predicted octanol–water partition coefficient (Wildman–Crippen LogP) is 7.01. The van der Waals surface area contributed by atoms with Crippen molar-refractivity contribution in [1.29, 1.82) is 0 Å². The molecule has 3 aromatic carbocycles. The number of hydrogen-bond acceptors (Lipinski definition) is 5. The van der Waals surface area contributed by atoms with E-state index < -0.39 is 0 Å². The molecule has 10 heteroatoms. The van der Waals surface area contributed by atoms with E-state index >= 15 is 0 Å². The Bertz CT molecular complexity index is 1490. The van der Waals surface area contributed by atoms with E-state index in [1.165, 1.54) is 4.68 Å². The molecule has 6 nitrogen and oxygen atoms in total. The lowest BCUT2D eigenvalue weighted by Gasteiger charge is -2.13. The van der Waals surface area contributed by atoms with Gasteiger partial charge in [-0.1, -0.05) is 45.2 Å². The molecular formula is C24H17Br2Cl2N3O3. The molecule has 1 heterocycles. The summed E-state index contributed by atoms with van der Waals surface area (Å²) in [5, 5.41) is 5.93. The molecule has 0 saturated carbocycles. The molecule has 0 bridgehead atoms. The Labute approximate surface area is 222 Å². The number of halogens is 4.